The molecule has 0 amide bonds. The van der Waals surface area contributed by atoms with Gasteiger partial charge in [0.05, 0.1) is 0 Å². The number of allylic oxidation sites excluding steroid dienone is 1. The molecule has 0 spiro atoms. The molecule has 0 aliphatic carbocycles. The minimum Gasteiger partial charge on any atom is -0.214 e. The van der Waals surface area contributed by atoms with E-state index in [2.05, 4.69) is 0 Å². The summed E-state index contributed by atoms with van der Waals surface area (Å²) in [4.78, 5) is 0. The normalized spacial score (nSPS) is 8.47. The number of hydrogen-bond donors (Lipinski definition) is 0. The van der Waals surface area contributed by atoms with Crippen LogP contribution in [-0.4, -0.2) is 0 Å². The molecule has 1 nitrogen and oxygen atoms in total. The van der Waals surface area contributed by atoms with Gasteiger partial charge in [0.1, 0.15) is 0 Å². The Labute approximate surface area is 101 Å². The van der Waals surface area contributed by atoms with E-state index in [9.17, 15) is 0 Å². The number of hydrogen-bond acceptors (Lipinski definition) is 1. The molecule has 2 aromatic rings. The van der Waals surface area contributed by atoms with Crippen LogP contribution in [0.15, 0.2) is 60.7 Å². The van der Waals surface area contributed by atoms with E-state index >= 15 is 0 Å². The SMILES string of the molecule is N#C/C=C/[c-]1cccc1.[Fe+2].c1cc[cH-]c1. The van der Waals surface area contributed by atoms with Crippen molar-refractivity contribution in [2.45, 2.75) is 0 Å². The van der Waals surface area contributed by atoms with Crippen molar-refractivity contribution in [2.24, 2.45) is 0 Å². The second-order valence-electron chi connectivity index (χ2n) is 2.64. The summed E-state index contributed by atoms with van der Waals surface area (Å²) in [5.41, 5.74) is 1.08. The van der Waals surface area contributed by atoms with Crippen molar-refractivity contribution in [3.8, 4) is 6.07 Å². The molecule has 0 saturated heterocycles. The molecule has 2 heteroatoms. The number of nitriles is 1. The average molecular weight is 237 g/mol. The minimum atomic E-state index is 0. The molecule has 0 radical (unpaired) electrons. The smallest absolute Gasteiger partial charge is 0.214 e. The fraction of sp³-hybridized carbons (Fsp3) is 0. The molecule has 0 unspecified atom stereocenters. The van der Waals surface area contributed by atoms with Crippen LogP contribution in [0.2, 0.25) is 0 Å². The van der Waals surface area contributed by atoms with Crippen molar-refractivity contribution in [1.29, 1.82) is 5.26 Å². The maximum atomic E-state index is 8.13. The summed E-state index contributed by atoms with van der Waals surface area (Å²) in [7, 11) is 0. The molecule has 0 aromatic heterocycles. The molecule has 0 bridgehead atoms. The zero-order valence-electron chi connectivity index (χ0n) is 8.15. The van der Waals surface area contributed by atoms with Crippen LogP contribution in [0, 0.1) is 11.3 Å². The van der Waals surface area contributed by atoms with Gasteiger partial charge < -0.3 is 0 Å². The molecule has 15 heavy (non-hydrogen) atoms. The van der Waals surface area contributed by atoms with Gasteiger partial charge in [-0.15, -0.1) is 23.8 Å². The Hall–Kier alpha value is -1.55. The predicted molar refractivity (Wildman–Crippen MR) is 58.7 cm³/mol. The van der Waals surface area contributed by atoms with Crippen LogP contribution in [0.1, 0.15) is 5.56 Å². The van der Waals surface area contributed by atoms with Crippen LogP contribution in [0.25, 0.3) is 6.08 Å². The average Bonchev–Trinajstić information content (AvgIpc) is 2.90. The standard InChI is InChI=1S/C8H6N.C5H5.Fe/c9-7-3-6-8-4-1-2-5-8;1-2-4-5-3-1;/h1-6H;1-5H;/q2*-1;+2/b6-3+;;. The summed E-state index contributed by atoms with van der Waals surface area (Å²) in [5.74, 6) is 0. The first kappa shape index (κ1) is 13.4. The van der Waals surface area contributed by atoms with Crippen LogP contribution in [0.3, 0.4) is 0 Å². The predicted octanol–water partition coefficient (Wildman–Crippen LogP) is 3.35. The van der Waals surface area contributed by atoms with E-state index in [1.54, 1.807) is 6.08 Å². The van der Waals surface area contributed by atoms with Gasteiger partial charge in [0.25, 0.3) is 0 Å². The van der Waals surface area contributed by atoms with Crippen LogP contribution in [0.4, 0.5) is 0 Å². The fourth-order valence-electron chi connectivity index (χ4n) is 0.954. The first-order valence-electron chi connectivity index (χ1n) is 4.38. The molecule has 2 rings (SSSR count). The first-order chi connectivity index (χ1) is 6.93. The van der Waals surface area contributed by atoms with Crippen molar-refractivity contribution in [2.75, 3.05) is 0 Å². The number of rotatable bonds is 1. The van der Waals surface area contributed by atoms with Crippen LogP contribution in [-0.2, 0) is 17.1 Å². The van der Waals surface area contributed by atoms with Crippen molar-refractivity contribution in [3.63, 3.8) is 0 Å². The molecule has 0 fully saturated rings. The summed E-state index contributed by atoms with van der Waals surface area (Å²) in [6, 6.07) is 19.7. The zero-order chi connectivity index (χ0) is 10.1. The van der Waals surface area contributed by atoms with Crippen molar-refractivity contribution in [3.05, 3.63) is 66.2 Å². The van der Waals surface area contributed by atoms with Gasteiger partial charge in [0, 0.05) is 6.07 Å². The van der Waals surface area contributed by atoms with Gasteiger partial charge in [-0.3, -0.25) is 0 Å². The van der Waals surface area contributed by atoms with E-state index in [0.717, 1.165) is 5.56 Å². The van der Waals surface area contributed by atoms with E-state index in [1.165, 1.54) is 6.08 Å². The van der Waals surface area contributed by atoms with Crippen LogP contribution < -0.4 is 0 Å². The molecule has 0 saturated carbocycles. The van der Waals surface area contributed by atoms with Crippen molar-refractivity contribution >= 4 is 6.08 Å². The van der Waals surface area contributed by atoms with Crippen LogP contribution in [0.5, 0.6) is 0 Å². The third kappa shape index (κ3) is 6.51. The summed E-state index contributed by atoms with van der Waals surface area (Å²) < 4.78 is 0. The molecule has 0 aliphatic rings. The summed E-state index contributed by atoms with van der Waals surface area (Å²) in [6.07, 6.45) is 3.25. The Bertz CT molecular complexity index is 359. The van der Waals surface area contributed by atoms with Crippen molar-refractivity contribution in [1.82, 2.24) is 0 Å². The van der Waals surface area contributed by atoms with E-state index in [4.69, 9.17) is 5.26 Å². The quantitative estimate of drug-likeness (QED) is 0.424. The number of nitrogens with zero attached hydrogens (tertiary/aromatic N) is 1. The van der Waals surface area contributed by atoms with E-state index in [0.29, 0.717) is 0 Å². The third-order valence-electron chi connectivity index (χ3n) is 1.59. The molecular weight excluding hydrogens is 226 g/mol. The summed E-state index contributed by atoms with van der Waals surface area (Å²) in [6.45, 7) is 0. The van der Waals surface area contributed by atoms with Gasteiger partial charge >= 0.3 is 17.1 Å². The molecule has 0 aliphatic heterocycles. The van der Waals surface area contributed by atoms with Crippen LogP contribution >= 0.6 is 0 Å². The van der Waals surface area contributed by atoms with Gasteiger partial charge in [-0.1, -0.05) is 6.08 Å². The second-order valence-corrected chi connectivity index (χ2v) is 2.64. The van der Waals surface area contributed by atoms with Gasteiger partial charge in [-0.05, 0) is 0 Å². The topological polar surface area (TPSA) is 23.8 Å². The van der Waals surface area contributed by atoms with Gasteiger partial charge in [-0.25, -0.2) is 17.4 Å². The monoisotopic (exact) mass is 237 g/mol. The van der Waals surface area contributed by atoms with E-state index in [1.807, 2.05) is 60.7 Å². The molecule has 0 atom stereocenters. The Kier molecular flexibility index (Phi) is 8.09. The Balaban J connectivity index is 0.000000280. The molecular formula is C13H11FeN. The molecule has 76 valence electrons. The maximum absolute atomic E-state index is 8.13. The molecule has 0 heterocycles. The van der Waals surface area contributed by atoms with Gasteiger partial charge in [0.2, 0.25) is 0 Å². The largest absolute Gasteiger partial charge is 2.00 e. The van der Waals surface area contributed by atoms with Gasteiger partial charge in [-0.2, -0.15) is 30.3 Å². The second kappa shape index (κ2) is 9.02. The van der Waals surface area contributed by atoms with Crippen molar-refractivity contribution < 1.29 is 17.1 Å². The first-order valence-corrected chi connectivity index (χ1v) is 4.38. The fourth-order valence-corrected chi connectivity index (χ4v) is 0.954. The van der Waals surface area contributed by atoms with Gasteiger partial charge in [0.15, 0.2) is 0 Å². The molecule has 0 N–H and O–H groups in total. The third-order valence-corrected chi connectivity index (χ3v) is 1.59. The summed E-state index contributed by atoms with van der Waals surface area (Å²) in [5, 5.41) is 8.13. The van der Waals surface area contributed by atoms with E-state index in [-0.39, 0.29) is 17.1 Å². The Morgan fingerprint density at radius 2 is 1.67 bits per heavy atom. The summed E-state index contributed by atoms with van der Waals surface area (Å²) >= 11 is 0. The zero-order valence-corrected chi connectivity index (χ0v) is 9.26. The van der Waals surface area contributed by atoms with E-state index < -0.39 is 0 Å². The minimum absolute atomic E-state index is 0. The maximum Gasteiger partial charge on any atom is 2.00 e. The Morgan fingerprint density at radius 3 is 2.07 bits per heavy atom. The Morgan fingerprint density at radius 1 is 1.07 bits per heavy atom. The molecule has 2 aromatic carbocycles.